The molecule has 2 N–H and O–H groups in total. The SMILES string of the molecule is COc1ccc(Br)cc1Nc1cc(NC#N)nc(C)n1. The van der Waals surface area contributed by atoms with Gasteiger partial charge in [0, 0.05) is 10.5 Å². The van der Waals surface area contributed by atoms with Gasteiger partial charge >= 0.3 is 0 Å². The van der Waals surface area contributed by atoms with Crippen LogP contribution in [0.1, 0.15) is 5.82 Å². The Labute approximate surface area is 124 Å². The molecule has 2 rings (SSSR count). The van der Waals surface area contributed by atoms with Gasteiger partial charge in [0.2, 0.25) is 0 Å². The van der Waals surface area contributed by atoms with Crippen LogP contribution in [0.5, 0.6) is 5.75 Å². The number of halogens is 1. The fourth-order valence-electron chi connectivity index (χ4n) is 1.67. The summed E-state index contributed by atoms with van der Waals surface area (Å²) >= 11 is 3.41. The number of methoxy groups -OCH3 is 1. The molecule has 7 heteroatoms. The zero-order valence-electron chi connectivity index (χ0n) is 10.9. The summed E-state index contributed by atoms with van der Waals surface area (Å²) in [7, 11) is 1.60. The van der Waals surface area contributed by atoms with Crippen LogP contribution >= 0.6 is 15.9 Å². The zero-order valence-corrected chi connectivity index (χ0v) is 12.5. The lowest BCUT2D eigenvalue weighted by Gasteiger charge is -2.12. The summed E-state index contributed by atoms with van der Waals surface area (Å²) in [5, 5.41) is 14.3. The molecule has 1 aromatic carbocycles. The van der Waals surface area contributed by atoms with E-state index in [1.54, 1.807) is 20.1 Å². The Kier molecular flexibility index (Phi) is 4.38. The van der Waals surface area contributed by atoms with Gasteiger partial charge in [0.25, 0.3) is 0 Å². The number of benzene rings is 1. The van der Waals surface area contributed by atoms with Gasteiger partial charge in [0.1, 0.15) is 23.2 Å². The molecule has 0 aliphatic rings. The molecule has 0 aliphatic carbocycles. The number of aromatic nitrogens is 2. The van der Waals surface area contributed by atoms with E-state index in [9.17, 15) is 0 Å². The minimum atomic E-state index is 0.441. The number of nitrogens with zero attached hydrogens (tertiary/aromatic N) is 3. The van der Waals surface area contributed by atoms with E-state index in [1.165, 1.54) is 0 Å². The Bertz CT molecular complexity index is 668. The van der Waals surface area contributed by atoms with Gasteiger partial charge in [-0.2, -0.15) is 5.26 Å². The highest BCUT2D eigenvalue weighted by Gasteiger charge is 2.07. The van der Waals surface area contributed by atoms with Gasteiger partial charge < -0.3 is 10.1 Å². The summed E-state index contributed by atoms with van der Waals surface area (Å²) in [6.07, 6.45) is 1.83. The Balaban J connectivity index is 2.34. The summed E-state index contributed by atoms with van der Waals surface area (Å²) in [5.41, 5.74) is 0.767. The lowest BCUT2D eigenvalue weighted by atomic mass is 10.3. The third kappa shape index (κ3) is 3.36. The molecule has 20 heavy (non-hydrogen) atoms. The van der Waals surface area contributed by atoms with E-state index in [4.69, 9.17) is 10.00 Å². The molecule has 0 fully saturated rings. The lowest BCUT2D eigenvalue weighted by molar-refractivity contribution is 0.416. The van der Waals surface area contributed by atoms with Crippen LogP contribution in [0, 0.1) is 18.4 Å². The highest BCUT2D eigenvalue weighted by molar-refractivity contribution is 9.10. The van der Waals surface area contributed by atoms with Crippen LogP contribution in [0.2, 0.25) is 0 Å². The van der Waals surface area contributed by atoms with Gasteiger partial charge in [-0.15, -0.1) is 0 Å². The van der Waals surface area contributed by atoms with E-state index in [1.807, 2.05) is 24.4 Å². The largest absolute Gasteiger partial charge is 0.495 e. The van der Waals surface area contributed by atoms with Gasteiger partial charge in [-0.05, 0) is 25.1 Å². The van der Waals surface area contributed by atoms with Crippen molar-refractivity contribution in [2.75, 3.05) is 17.7 Å². The van der Waals surface area contributed by atoms with E-state index < -0.39 is 0 Å². The maximum atomic E-state index is 8.64. The van der Waals surface area contributed by atoms with Gasteiger partial charge in [0.15, 0.2) is 6.19 Å². The molecular formula is C13H12BrN5O. The molecule has 0 saturated carbocycles. The molecule has 2 aromatic rings. The Morgan fingerprint density at radius 3 is 2.70 bits per heavy atom. The van der Waals surface area contributed by atoms with E-state index in [2.05, 4.69) is 36.5 Å². The van der Waals surface area contributed by atoms with E-state index in [0.29, 0.717) is 23.2 Å². The molecular weight excluding hydrogens is 322 g/mol. The van der Waals surface area contributed by atoms with E-state index in [-0.39, 0.29) is 0 Å². The molecule has 1 heterocycles. The Hall–Kier alpha value is -2.33. The van der Waals surface area contributed by atoms with Crippen LogP contribution in [-0.4, -0.2) is 17.1 Å². The molecule has 0 spiro atoms. The third-order valence-corrected chi connectivity index (χ3v) is 2.94. The van der Waals surface area contributed by atoms with Crippen LogP contribution in [0.25, 0.3) is 0 Å². The molecule has 0 bridgehead atoms. The monoisotopic (exact) mass is 333 g/mol. The topological polar surface area (TPSA) is 82.9 Å². The van der Waals surface area contributed by atoms with Crippen LogP contribution in [-0.2, 0) is 0 Å². The molecule has 0 radical (unpaired) electrons. The van der Waals surface area contributed by atoms with Crippen molar-refractivity contribution in [2.45, 2.75) is 6.92 Å². The van der Waals surface area contributed by atoms with Crippen molar-refractivity contribution in [3.8, 4) is 11.9 Å². The van der Waals surface area contributed by atoms with Crippen LogP contribution < -0.4 is 15.4 Å². The van der Waals surface area contributed by atoms with E-state index in [0.717, 1.165) is 10.2 Å². The second-order valence-corrected chi connectivity index (χ2v) is 4.81. The quantitative estimate of drug-likeness (QED) is 0.660. The summed E-state index contributed by atoms with van der Waals surface area (Å²) in [4.78, 5) is 8.37. The lowest BCUT2D eigenvalue weighted by Crippen LogP contribution is -2.02. The standard InChI is InChI=1S/C13H12BrN5O/c1-8-17-12(16-7-15)6-13(18-8)19-10-5-9(14)3-4-11(10)20-2/h3-6H,1-2H3,(H2,16,17,18,19). The second kappa shape index (κ2) is 6.21. The number of hydrogen-bond acceptors (Lipinski definition) is 6. The summed E-state index contributed by atoms with van der Waals surface area (Å²) in [6, 6.07) is 7.26. The van der Waals surface area contributed by atoms with Crippen molar-refractivity contribution >= 4 is 33.3 Å². The fraction of sp³-hybridized carbons (Fsp3) is 0.154. The minimum Gasteiger partial charge on any atom is -0.495 e. The minimum absolute atomic E-state index is 0.441. The smallest absolute Gasteiger partial charge is 0.182 e. The molecule has 1 aromatic heterocycles. The average molecular weight is 334 g/mol. The Morgan fingerprint density at radius 1 is 1.25 bits per heavy atom. The number of nitriles is 1. The predicted octanol–water partition coefficient (Wildman–Crippen LogP) is 3.19. The molecule has 0 unspecified atom stereocenters. The average Bonchev–Trinajstić information content (AvgIpc) is 2.38. The van der Waals surface area contributed by atoms with Gasteiger partial charge in [-0.25, -0.2) is 9.97 Å². The maximum Gasteiger partial charge on any atom is 0.182 e. The van der Waals surface area contributed by atoms with E-state index >= 15 is 0 Å². The van der Waals surface area contributed by atoms with Crippen molar-refractivity contribution in [3.05, 3.63) is 34.6 Å². The van der Waals surface area contributed by atoms with Crippen molar-refractivity contribution in [2.24, 2.45) is 0 Å². The van der Waals surface area contributed by atoms with Crippen molar-refractivity contribution in [1.82, 2.24) is 9.97 Å². The number of hydrogen-bond donors (Lipinski definition) is 2. The maximum absolute atomic E-state index is 8.64. The summed E-state index contributed by atoms with van der Waals surface area (Å²) in [5.74, 6) is 2.27. The number of aryl methyl sites for hydroxylation is 1. The first-order valence-corrected chi connectivity index (χ1v) is 6.53. The summed E-state index contributed by atoms with van der Waals surface area (Å²) in [6.45, 7) is 1.76. The normalized spacial score (nSPS) is 9.70. The van der Waals surface area contributed by atoms with Crippen molar-refractivity contribution < 1.29 is 4.74 Å². The predicted molar refractivity (Wildman–Crippen MR) is 80.0 cm³/mol. The second-order valence-electron chi connectivity index (χ2n) is 3.89. The number of anilines is 3. The van der Waals surface area contributed by atoms with Crippen molar-refractivity contribution in [3.63, 3.8) is 0 Å². The fourth-order valence-corrected chi connectivity index (χ4v) is 2.03. The first-order chi connectivity index (χ1) is 9.62. The third-order valence-electron chi connectivity index (χ3n) is 2.45. The van der Waals surface area contributed by atoms with Crippen LogP contribution in [0.3, 0.4) is 0 Å². The number of nitrogens with one attached hydrogen (secondary N) is 2. The molecule has 0 atom stereocenters. The highest BCUT2D eigenvalue weighted by atomic mass is 79.9. The molecule has 0 aliphatic heterocycles. The molecule has 102 valence electrons. The van der Waals surface area contributed by atoms with Gasteiger partial charge in [-0.3, -0.25) is 5.32 Å². The first kappa shape index (κ1) is 14.1. The zero-order chi connectivity index (χ0) is 14.5. The molecule has 0 saturated heterocycles. The van der Waals surface area contributed by atoms with Crippen LogP contribution in [0.15, 0.2) is 28.7 Å². The molecule has 6 nitrogen and oxygen atoms in total. The number of rotatable bonds is 4. The number of ether oxygens (including phenoxy) is 1. The first-order valence-electron chi connectivity index (χ1n) is 5.73. The molecule has 0 amide bonds. The van der Waals surface area contributed by atoms with Gasteiger partial charge in [0.05, 0.1) is 12.8 Å². The summed E-state index contributed by atoms with van der Waals surface area (Å²) < 4.78 is 6.20. The van der Waals surface area contributed by atoms with Crippen LogP contribution in [0.4, 0.5) is 17.3 Å². The highest BCUT2D eigenvalue weighted by Crippen LogP contribution is 2.30. The van der Waals surface area contributed by atoms with Crippen molar-refractivity contribution in [1.29, 1.82) is 5.26 Å². The Morgan fingerprint density at radius 2 is 2.00 bits per heavy atom. The van der Waals surface area contributed by atoms with Gasteiger partial charge in [-0.1, -0.05) is 15.9 Å².